The highest BCUT2D eigenvalue weighted by atomic mass is 127. The summed E-state index contributed by atoms with van der Waals surface area (Å²) in [5, 5.41) is 10.9. The zero-order valence-corrected chi connectivity index (χ0v) is 16.9. The van der Waals surface area contributed by atoms with Crippen LogP contribution in [0.5, 0.6) is 0 Å². The van der Waals surface area contributed by atoms with Crippen LogP contribution in [0.2, 0.25) is 0 Å². The van der Waals surface area contributed by atoms with Crippen LogP contribution in [-0.4, -0.2) is 59.4 Å². The Morgan fingerprint density at radius 3 is 2.87 bits per heavy atom. The first-order valence-electron chi connectivity index (χ1n) is 8.46. The average Bonchev–Trinajstić information content (AvgIpc) is 3.13. The molecule has 2 N–H and O–H groups in total. The third-order valence-corrected chi connectivity index (χ3v) is 4.17. The van der Waals surface area contributed by atoms with Gasteiger partial charge in [0.25, 0.3) is 0 Å². The Labute approximate surface area is 157 Å². The zero-order valence-electron chi connectivity index (χ0n) is 14.6. The van der Waals surface area contributed by atoms with E-state index in [0.29, 0.717) is 6.04 Å². The molecule has 1 aliphatic heterocycles. The summed E-state index contributed by atoms with van der Waals surface area (Å²) in [6, 6.07) is 0.610. The van der Waals surface area contributed by atoms with Crippen molar-refractivity contribution in [2.24, 2.45) is 12.0 Å². The minimum atomic E-state index is 0. The second-order valence-electron chi connectivity index (χ2n) is 5.84. The van der Waals surface area contributed by atoms with Crippen molar-refractivity contribution in [1.29, 1.82) is 0 Å². The van der Waals surface area contributed by atoms with E-state index in [2.05, 4.69) is 40.7 Å². The lowest BCUT2D eigenvalue weighted by Gasteiger charge is -2.21. The average molecular weight is 434 g/mol. The number of halogens is 1. The van der Waals surface area contributed by atoms with Gasteiger partial charge in [-0.15, -0.1) is 24.0 Å². The third-order valence-electron chi connectivity index (χ3n) is 4.17. The molecule has 1 aromatic heterocycles. The first kappa shape index (κ1) is 20.2. The molecule has 0 aliphatic carbocycles. The number of aliphatic imine (C=N–C) groups is 1. The van der Waals surface area contributed by atoms with Gasteiger partial charge in [0.1, 0.15) is 0 Å². The molecule has 2 rings (SSSR count). The topological polar surface area (TPSA) is 57.5 Å². The molecule has 1 aromatic rings. The van der Waals surface area contributed by atoms with Crippen LogP contribution in [-0.2, 0) is 13.5 Å². The highest BCUT2D eigenvalue weighted by molar-refractivity contribution is 14.0. The standard InChI is InChI=1S/C16H30N6.HI/c1-4-17-16(18-9-8-14-11-20-21(3)13-14)19-12-15-7-6-10-22(15)5-2;/h11,13,15H,4-10,12H2,1-3H3,(H2,17,18,19);1H. The van der Waals surface area contributed by atoms with Crippen molar-refractivity contribution < 1.29 is 0 Å². The number of nitrogens with one attached hydrogen (secondary N) is 2. The molecule has 1 unspecified atom stereocenters. The Hall–Kier alpha value is -0.830. The van der Waals surface area contributed by atoms with Crippen LogP contribution in [0, 0.1) is 0 Å². The molecule has 2 heterocycles. The highest BCUT2D eigenvalue weighted by Gasteiger charge is 2.22. The van der Waals surface area contributed by atoms with E-state index in [1.54, 1.807) is 0 Å². The number of likely N-dealkylation sites (tertiary alicyclic amines) is 1. The fraction of sp³-hybridized carbons (Fsp3) is 0.750. The van der Waals surface area contributed by atoms with Gasteiger partial charge >= 0.3 is 0 Å². The van der Waals surface area contributed by atoms with E-state index in [1.807, 2.05) is 17.9 Å². The van der Waals surface area contributed by atoms with Crippen molar-refractivity contribution >= 4 is 29.9 Å². The first-order valence-corrected chi connectivity index (χ1v) is 8.46. The number of aromatic nitrogens is 2. The minimum absolute atomic E-state index is 0. The van der Waals surface area contributed by atoms with E-state index in [9.17, 15) is 0 Å². The minimum Gasteiger partial charge on any atom is -0.357 e. The summed E-state index contributed by atoms with van der Waals surface area (Å²) in [5.74, 6) is 0.925. The summed E-state index contributed by atoms with van der Waals surface area (Å²) in [6.45, 7) is 9.34. The lowest BCUT2D eigenvalue weighted by atomic mass is 10.2. The van der Waals surface area contributed by atoms with Gasteiger partial charge in [-0.05, 0) is 44.8 Å². The van der Waals surface area contributed by atoms with Gasteiger partial charge in [0, 0.05) is 32.4 Å². The van der Waals surface area contributed by atoms with Crippen molar-refractivity contribution in [3.63, 3.8) is 0 Å². The molecule has 6 nitrogen and oxygen atoms in total. The zero-order chi connectivity index (χ0) is 15.8. The fourth-order valence-corrected chi connectivity index (χ4v) is 2.98. The summed E-state index contributed by atoms with van der Waals surface area (Å²) >= 11 is 0. The number of nitrogens with zero attached hydrogens (tertiary/aromatic N) is 4. The molecule has 1 aliphatic rings. The molecule has 0 saturated carbocycles. The SMILES string of the molecule is CCNC(=NCC1CCCN1CC)NCCc1cnn(C)c1.I. The maximum Gasteiger partial charge on any atom is 0.191 e. The molecule has 1 fully saturated rings. The summed E-state index contributed by atoms with van der Waals surface area (Å²) in [6.07, 6.45) is 7.51. The molecule has 23 heavy (non-hydrogen) atoms. The third kappa shape index (κ3) is 6.66. The molecule has 1 saturated heterocycles. The van der Waals surface area contributed by atoms with Crippen LogP contribution in [0.15, 0.2) is 17.4 Å². The molecular formula is C16H31IN6. The van der Waals surface area contributed by atoms with Crippen molar-refractivity contribution in [2.45, 2.75) is 39.2 Å². The number of hydrogen-bond acceptors (Lipinski definition) is 3. The molecule has 0 amide bonds. The van der Waals surface area contributed by atoms with Gasteiger partial charge in [-0.2, -0.15) is 5.10 Å². The van der Waals surface area contributed by atoms with Crippen LogP contribution in [0.1, 0.15) is 32.3 Å². The molecule has 132 valence electrons. The summed E-state index contributed by atoms with van der Waals surface area (Å²) in [5.41, 5.74) is 1.25. The van der Waals surface area contributed by atoms with Gasteiger partial charge in [-0.3, -0.25) is 14.6 Å². The van der Waals surface area contributed by atoms with Gasteiger partial charge in [-0.1, -0.05) is 6.92 Å². The number of hydrogen-bond donors (Lipinski definition) is 2. The van der Waals surface area contributed by atoms with E-state index < -0.39 is 0 Å². The number of likely N-dealkylation sites (N-methyl/N-ethyl adjacent to an activating group) is 1. The number of rotatable bonds is 7. The van der Waals surface area contributed by atoms with Crippen LogP contribution < -0.4 is 10.6 Å². The Bertz CT molecular complexity index is 473. The summed E-state index contributed by atoms with van der Waals surface area (Å²) in [4.78, 5) is 7.29. The molecule has 0 spiro atoms. The Morgan fingerprint density at radius 2 is 2.22 bits per heavy atom. The molecule has 7 heteroatoms. The second-order valence-corrected chi connectivity index (χ2v) is 5.84. The van der Waals surface area contributed by atoms with Crippen LogP contribution >= 0.6 is 24.0 Å². The smallest absolute Gasteiger partial charge is 0.191 e. The molecule has 0 aromatic carbocycles. The molecule has 0 radical (unpaired) electrons. The van der Waals surface area contributed by atoms with E-state index in [-0.39, 0.29) is 24.0 Å². The summed E-state index contributed by atoms with van der Waals surface area (Å²) in [7, 11) is 1.95. The van der Waals surface area contributed by atoms with Gasteiger partial charge in [0.15, 0.2) is 5.96 Å². The largest absolute Gasteiger partial charge is 0.357 e. The predicted molar refractivity (Wildman–Crippen MR) is 107 cm³/mol. The van der Waals surface area contributed by atoms with Crippen molar-refractivity contribution in [2.75, 3.05) is 32.7 Å². The fourth-order valence-electron chi connectivity index (χ4n) is 2.98. The maximum absolute atomic E-state index is 4.76. The second kappa shape index (κ2) is 10.9. The molecule has 0 bridgehead atoms. The van der Waals surface area contributed by atoms with E-state index >= 15 is 0 Å². The normalized spacial score (nSPS) is 18.7. The van der Waals surface area contributed by atoms with Crippen LogP contribution in [0.4, 0.5) is 0 Å². The van der Waals surface area contributed by atoms with Gasteiger partial charge in [-0.25, -0.2) is 0 Å². The van der Waals surface area contributed by atoms with E-state index in [4.69, 9.17) is 4.99 Å². The van der Waals surface area contributed by atoms with Gasteiger partial charge in [0.2, 0.25) is 0 Å². The highest BCUT2D eigenvalue weighted by Crippen LogP contribution is 2.16. The summed E-state index contributed by atoms with van der Waals surface area (Å²) < 4.78 is 1.84. The van der Waals surface area contributed by atoms with Gasteiger partial charge in [0.05, 0.1) is 12.7 Å². The number of aryl methyl sites for hydroxylation is 1. The Balaban J connectivity index is 0.00000264. The monoisotopic (exact) mass is 434 g/mol. The van der Waals surface area contributed by atoms with Crippen molar-refractivity contribution in [3.8, 4) is 0 Å². The van der Waals surface area contributed by atoms with Crippen LogP contribution in [0.3, 0.4) is 0 Å². The van der Waals surface area contributed by atoms with E-state index in [1.165, 1.54) is 24.9 Å². The lowest BCUT2D eigenvalue weighted by Crippen LogP contribution is -2.40. The lowest BCUT2D eigenvalue weighted by molar-refractivity contribution is 0.273. The molecular weight excluding hydrogens is 403 g/mol. The Kier molecular flexibility index (Phi) is 9.54. The van der Waals surface area contributed by atoms with E-state index in [0.717, 1.165) is 38.6 Å². The predicted octanol–water partition coefficient (Wildman–Crippen LogP) is 1.62. The number of guanidine groups is 1. The van der Waals surface area contributed by atoms with Crippen molar-refractivity contribution in [1.82, 2.24) is 25.3 Å². The molecule has 1 atom stereocenters. The Morgan fingerprint density at radius 1 is 1.39 bits per heavy atom. The van der Waals surface area contributed by atoms with Crippen LogP contribution in [0.25, 0.3) is 0 Å². The quantitative estimate of drug-likeness (QED) is 0.389. The van der Waals surface area contributed by atoms with Crippen molar-refractivity contribution in [3.05, 3.63) is 18.0 Å². The maximum atomic E-state index is 4.76. The first-order chi connectivity index (χ1) is 10.7. The van der Waals surface area contributed by atoms with Gasteiger partial charge < -0.3 is 10.6 Å².